The molecule has 0 N–H and O–H groups in total. The van der Waals surface area contributed by atoms with Gasteiger partial charge in [-0.2, -0.15) is 0 Å². The third-order valence-electron chi connectivity index (χ3n) is 5.35. The molecule has 1 atom stereocenters. The van der Waals surface area contributed by atoms with E-state index in [9.17, 15) is 0 Å². The Morgan fingerprint density at radius 3 is 2.28 bits per heavy atom. The molecular formula is C25H38N2OS. The number of rotatable bonds is 15. The van der Waals surface area contributed by atoms with Gasteiger partial charge in [-0.05, 0) is 36.5 Å². The maximum atomic E-state index is 5.89. The summed E-state index contributed by atoms with van der Waals surface area (Å²) >= 11 is 1.75. The number of aromatic nitrogens is 2. The third kappa shape index (κ3) is 9.66. The van der Waals surface area contributed by atoms with Gasteiger partial charge in [-0.25, -0.2) is 9.97 Å². The van der Waals surface area contributed by atoms with Gasteiger partial charge in [0.15, 0.2) is 5.16 Å². The van der Waals surface area contributed by atoms with Crippen LogP contribution in [-0.4, -0.2) is 22.3 Å². The van der Waals surface area contributed by atoms with Gasteiger partial charge in [-0.3, -0.25) is 0 Å². The minimum Gasteiger partial charge on any atom is -0.494 e. The molecule has 0 saturated carbocycles. The Morgan fingerprint density at radius 2 is 1.59 bits per heavy atom. The van der Waals surface area contributed by atoms with E-state index in [1.807, 2.05) is 24.5 Å². The second kappa shape index (κ2) is 14.4. The zero-order chi connectivity index (χ0) is 20.7. The Kier molecular flexibility index (Phi) is 11.8. The summed E-state index contributed by atoms with van der Waals surface area (Å²) in [5, 5.41) is 0.874. The van der Waals surface area contributed by atoms with Crippen LogP contribution in [0.2, 0.25) is 0 Å². The standard InChI is InChI=1S/C25H38N2OS/c1-4-6-7-11-18-29-25-26-19-23(20-27-25)22-13-15-24(16-14-22)28-17-10-8-9-12-21(3)5-2/h13-16,19-21H,4-12,17-18H2,1-3H3/t21-/m0/s1. The molecule has 1 heterocycles. The molecular weight excluding hydrogens is 376 g/mol. The lowest BCUT2D eigenvalue weighted by molar-refractivity contribution is 0.302. The number of nitrogens with zero attached hydrogens (tertiary/aromatic N) is 2. The molecule has 0 bridgehead atoms. The van der Waals surface area contributed by atoms with E-state index in [2.05, 4.69) is 42.9 Å². The van der Waals surface area contributed by atoms with Gasteiger partial charge in [-0.15, -0.1) is 0 Å². The highest BCUT2D eigenvalue weighted by molar-refractivity contribution is 7.99. The highest BCUT2D eigenvalue weighted by atomic mass is 32.2. The van der Waals surface area contributed by atoms with Crippen LogP contribution in [0, 0.1) is 5.92 Å². The summed E-state index contributed by atoms with van der Waals surface area (Å²) in [5.41, 5.74) is 2.18. The highest BCUT2D eigenvalue weighted by Gasteiger charge is 2.03. The summed E-state index contributed by atoms with van der Waals surface area (Å²) in [7, 11) is 0. The Balaban J connectivity index is 1.69. The van der Waals surface area contributed by atoms with Crippen molar-refractivity contribution in [2.24, 2.45) is 5.92 Å². The molecule has 0 aliphatic rings. The molecule has 0 unspecified atom stereocenters. The molecule has 4 heteroatoms. The predicted molar refractivity (Wildman–Crippen MR) is 126 cm³/mol. The first-order valence-corrected chi connectivity index (χ1v) is 12.4. The topological polar surface area (TPSA) is 35.0 Å². The lowest BCUT2D eigenvalue weighted by Gasteiger charge is -2.09. The van der Waals surface area contributed by atoms with E-state index in [1.54, 1.807) is 11.8 Å². The predicted octanol–water partition coefficient (Wildman–Crippen LogP) is 7.80. The van der Waals surface area contributed by atoms with Crippen LogP contribution in [0.4, 0.5) is 0 Å². The second-order valence-corrected chi connectivity index (χ2v) is 8.96. The van der Waals surface area contributed by atoms with Crippen molar-refractivity contribution < 1.29 is 4.74 Å². The van der Waals surface area contributed by atoms with Crippen LogP contribution in [-0.2, 0) is 0 Å². The minimum absolute atomic E-state index is 0.799. The Morgan fingerprint density at radius 1 is 0.862 bits per heavy atom. The molecule has 3 nitrogen and oxygen atoms in total. The van der Waals surface area contributed by atoms with Gasteiger partial charge in [0.05, 0.1) is 6.61 Å². The van der Waals surface area contributed by atoms with Crippen molar-refractivity contribution in [3.63, 3.8) is 0 Å². The van der Waals surface area contributed by atoms with Gasteiger partial charge in [0.2, 0.25) is 0 Å². The third-order valence-corrected chi connectivity index (χ3v) is 6.31. The Bertz CT molecular complexity index is 658. The molecule has 29 heavy (non-hydrogen) atoms. The van der Waals surface area contributed by atoms with E-state index in [-0.39, 0.29) is 0 Å². The number of unbranched alkanes of at least 4 members (excludes halogenated alkanes) is 5. The molecule has 2 rings (SSSR count). The van der Waals surface area contributed by atoms with Crippen molar-refractivity contribution in [3.05, 3.63) is 36.7 Å². The Labute approximate surface area is 182 Å². The van der Waals surface area contributed by atoms with Crippen LogP contribution in [0.3, 0.4) is 0 Å². The van der Waals surface area contributed by atoms with Gasteiger partial charge < -0.3 is 4.74 Å². The highest BCUT2D eigenvalue weighted by Crippen LogP contribution is 2.23. The summed E-state index contributed by atoms with van der Waals surface area (Å²) in [6, 6.07) is 8.28. The maximum absolute atomic E-state index is 5.89. The molecule has 0 fully saturated rings. The van der Waals surface area contributed by atoms with E-state index in [0.717, 1.165) is 46.7 Å². The number of hydrogen-bond acceptors (Lipinski definition) is 4. The summed E-state index contributed by atoms with van der Waals surface area (Å²) in [6.07, 6.45) is 15.3. The molecule has 0 aliphatic carbocycles. The van der Waals surface area contributed by atoms with E-state index in [1.165, 1.54) is 51.4 Å². The smallest absolute Gasteiger partial charge is 0.187 e. The summed E-state index contributed by atoms with van der Waals surface area (Å²) in [6.45, 7) is 7.65. The maximum Gasteiger partial charge on any atom is 0.187 e. The van der Waals surface area contributed by atoms with Crippen LogP contribution in [0.25, 0.3) is 11.1 Å². The molecule has 0 amide bonds. The zero-order valence-corrected chi connectivity index (χ0v) is 19.3. The van der Waals surface area contributed by atoms with Crippen molar-refractivity contribution in [1.29, 1.82) is 0 Å². The van der Waals surface area contributed by atoms with Crippen LogP contribution < -0.4 is 4.74 Å². The summed E-state index contributed by atoms with van der Waals surface area (Å²) < 4.78 is 5.89. The van der Waals surface area contributed by atoms with Crippen molar-refractivity contribution in [3.8, 4) is 16.9 Å². The van der Waals surface area contributed by atoms with Crippen molar-refractivity contribution in [2.75, 3.05) is 12.4 Å². The van der Waals surface area contributed by atoms with Crippen molar-refractivity contribution >= 4 is 11.8 Å². The molecule has 0 spiro atoms. The fourth-order valence-electron chi connectivity index (χ4n) is 3.14. The number of thioether (sulfide) groups is 1. The first-order valence-electron chi connectivity index (χ1n) is 11.4. The SMILES string of the molecule is CCCCCCSc1ncc(-c2ccc(OCCCCC[C@@H](C)CC)cc2)cn1. The van der Waals surface area contributed by atoms with E-state index >= 15 is 0 Å². The summed E-state index contributed by atoms with van der Waals surface area (Å²) in [4.78, 5) is 9.02. The van der Waals surface area contributed by atoms with Crippen molar-refractivity contribution in [2.45, 2.75) is 83.7 Å². The largest absolute Gasteiger partial charge is 0.494 e. The van der Waals surface area contributed by atoms with Gasteiger partial charge in [0.1, 0.15) is 5.75 Å². The number of benzene rings is 1. The molecule has 1 aromatic carbocycles. The fraction of sp³-hybridized carbons (Fsp3) is 0.600. The zero-order valence-electron chi connectivity index (χ0n) is 18.5. The lowest BCUT2D eigenvalue weighted by Crippen LogP contribution is -1.98. The van der Waals surface area contributed by atoms with E-state index < -0.39 is 0 Å². The van der Waals surface area contributed by atoms with Gasteiger partial charge >= 0.3 is 0 Å². The van der Waals surface area contributed by atoms with E-state index in [4.69, 9.17) is 4.74 Å². The lowest BCUT2D eigenvalue weighted by atomic mass is 10.0. The quantitative estimate of drug-likeness (QED) is 0.169. The van der Waals surface area contributed by atoms with Crippen LogP contribution >= 0.6 is 11.8 Å². The van der Waals surface area contributed by atoms with Crippen LogP contribution in [0.15, 0.2) is 41.8 Å². The fourth-order valence-corrected chi connectivity index (χ4v) is 3.93. The Hall–Kier alpha value is -1.55. The second-order valence-electron chi connectivity index (χ2n) is 7.90. The average Bonchev–Trinajstić information content (AvgIpc) is 2.76. The summed E-state index contributed by atoms with van der Waals surface area (Å²) in [5.74, 6) is 2.89. The van der Waals surface area contributed by atoms with E-state index in [0.29, 0.717) is 0 Å². The number of hydrogen-bond donors (Lipinski definition) is 0. The molecule has 0 radical (unpaired) electrons. The number of ether oxygens (including phenoxy) is 1. The normalized spacial score (nSPS) is 12.1. The van der Waals surface area contributed by atoms with Crippen molar-refractivity contribution in [1.82, 2.24) is 9.97 Å². The molecule has 0 aliphatic heterocycles. The molecule has 1 aromatic heterocycles. The average molecular weight is 415 g/mol. The van der Waals surface area contributed by atoms with Gasteiger partial charge in [-0.1, -0.05) is 89.6 Å². The molecule has 0 saturated heterocycles. The van der Waals surface area contributed by atoms with Crippen LogP contribution in [0.1, 0.15) is 78.6 Å². The first-order chi connectivity index (χ1) is 14.2. The van der Waals surface area contributed by atoms with Crippen LogP contribution in [0.5, 0.6) is 5.75 Å². The first kappa shape index (κ1) is 23.7. The molecule has 2 aromatic rings. The van der Waals surface area contributed by atoms with Gasteiger partial charge in [0.25, 0.3) is 0 Å². The monoisotopic (exact) mass is 414 g/mol. The molecule has 160 valence electrons. The minimum atomic E-state index is 0.799. The van der Waals surface area contributed by atoms with Gasteiger partial charge in [0, 0.05) is 23.7 Å².